The summed E-state index contributed by atoms with van der Waals surface area (Å²) in [5.74, 6) is -0.483. The average Bonchev–Trinajstić information content (AvgIpc) is 2.88. The van der Waals surface area contributed by atoms with Crippen LogP contribution in [0, 0.1) is 0 Å². The number of carbonyl (C=O) groups excluding carboxylic acids is 2. The molecule has 1 aromatic heterocycles. The largest absolute Gasteiger partial charge is 0.351 e. The average molecular weight is 250 g/mol. The van der Waals surface area contributed by atoms with E-state index in [0.717, 1.165) is 0 Å². The van der Waals surface area contributed by atoms with E-state index < -0.39 is 11.9 Å². The molecule has 17 heavy (non-hydrogen) atoms. The van der Waals surface area contributed by atoms with Gasteiger partial charge >= 0.3 is 6.03 Å². The number of benzene rings is 1. The smallest absolute Gasteiger partial charge is 0.319 e. The molecule has 0 radical (unpaired) electrons. The SMILES string of the molecule is NC(=O)NC(=O)c1ccccc1.c1nncs1. The standard InChI is InChI=1S/C8H8N2O2.C2H2N2S/c9-8(12)10-7(11)6-4-2-1-3-5-6;1-3-4-2-5-1/h1-5H,(H3,9,10,11,12);1-2H. The lowest BCUT2D eigenvalue weighted by molar-refractivity contribution is 0.0966. The van der Waals surface area contributed by atoms with E-state index in [2.05, 4.69) is 10.2 Å². The van der Waals surface area contributed by atoms with Crippen molar-refractivity contribution in [1.29, 1.82) is 0 Å². The molecule has 0 unspecified atom stereocenters. The van der Waals surface area contributed by atoms with E-state index in [4.69, 9.17) is 5.73 Å². The van der Waals surface area contributed by atoms with Crippen molar-refractivity contribution in [1.82, 2.24) is 15.5 Å². The fraction of sp³-hybridized carbons (Fsp3) is 0. The Morgan fingerprint density at radius 2 is 1.71 bits per heavy atom. The van der Waals surface area contributed by atoms with Crippen molar-refractivity contribution in [3.05, 3.63) is 46.9 Å². The zero-order chi connectivity index (χ0) is 12.5. The Labute approximate surface area is 101 Å². The van der Waals surface area contributed by atoms with Crippen LogP contribution in [0.15, 0.2) is 41.4 Å². The van der Waals surface area contributed by atoms with Crippen LogP contribution >= 0.6 is 11.3 Å². The first-order valence-electron chi connectivity index (χ1n) is 4.55. The summed E-state index contributed by atoms with van der Waals surface area (Å²) in [7, 11) is 0. The number of nitrogens with one attached hydrogen (secondary N) is 1. The second kappa shape index (κ2) is 7.07. The van der Waals surface area contributed by atoms with Crippen LogP contribution in [0.1, 0.15) is 10.4 Å². The van der Waals surface area contributed by atoms with Crippen LogP contribution in [0.2, 0.25) is 0 Å². The third-order valence-corrected chi connectivity index (χ3v) is 1.99. The van der Waals surface area contributed by atoms with Gasteiger partial charge in [-0.25, -0.2) is 4.79 Å². The van der Waals surface area contributed by atoms with Crippen molar-refractivity contribution in [2.75, 3.05) is 0 Å². The maximum absolute atomic E-state index is 11.0. The van der Waals surface area contributed by atoms with Crippen LogP contribution in [0.4, 0.5) is 4.79 Å². The van der Waals surface area contributed by atoms with E-state index in [-0.39, 0.29) is 0 Å². The second-order valence-corrected chi connectivity index (χ2v) is 3.46. The number of urea groups is 1. The van der Waals surface area contributed by atoms with Gasteiger partial charge in [-0.05, 0) is 12.1 Å². The molecule has 0 fully saturated rings. The summed E-state index contributed by atoms with van der Waals surface area (Å²) >= 11 is 1.49. The molecule has 0 bridgehead atoms. The maximum atomic E-state index is 11.0. The number of hydrogen-bond donors (Lipinski definition) is 2. The van der Waals surface area contributed by atoms with Gasteiger partial charge in [0.1, 0.15) is 11.0 Å². The van der Waals surface area contributed by atoms with Gasteiger partial charge in [0.2, 0.25) is 0 Å². The number of aromatic nitrogens is 2. The van der Waals surface area contributed by atoms with E-state index in [9.17, 15) is 9.59 Å². The first-order valence-corrected chi connectivity index (χ1v) is 5.49. The van der Waals surface area contributed by atoms with Crippen LogP contribution in [-0.2, 0) is 0 Å². The molecular weight excluding hydrogens is 240 g/mol. The van der Waals surface area contributed by atoms with E-state index >= 15 is 0 Å². The first-order chi connectivity index (χ1) is 8.20. The highest BCUT2D eigenvalue weighted by Crippen LogP contribution is 1.96. The van der Waals surface area contributed by atoms with Gasteiger partial charge in [-0.3, -0.25) is 10.1 Å². The summed E-state index contributed by atoms with van der Waals surface area (Å²) < 4.78 is 0. The first kappa shape index (κ1) is 12.8. The Morgan fingerprint density at radius 3 is 2.12 bits per heavy atom. The van der Waals surface area contributed by atoms with Crippen LogP contribution in [0.5, 0.6) is 0 Å². The van der Waals surface area contributed by atoms with Crippen molar-refractivity contribution in [3.63, 3.8) is 0 Å². The number of nitrogens with zero attached hydrogens (tertiary/aromatic N) is 2. The predicted molar refractivity (Wildman–Crippen MR) is 63.4 cm³/mol. The summed E-state index contributed by atoms with van der Waals surface area (Å²) in [5.41, 5.74) is 8.53. The fourth-order valence-corrected chi connectivity index (χ4v) is 1.18. The third-order valence-electron chi connectivity index (χ3n) is 1.56. The minimum atomic E-state index is -0.844. The predicted octanol–water partition coefficient (Wildman–Crippen LogP) is 1.03. The van der Waals surface area contributed by atoms with Crippen molar-refractivity contribution in [2.24, 2.45) is 5.73 Å². The fourth-order valence-electron chi connectivity index (χ4n) is 0.910. The topological polar surface area (TPSA) is 98.0 Å². The molecule has 2 aromatic rings. The van der Waals surface area contributed by atoms with Crippen LogP contribution in [0.3, 0.4) is 0 Å². The summed E-state index contributed by atoms with van der Waals surface area (Å²) in [6.45, 7) is 0. The molecule has 88 valence electrons. The van der Waals surface area contributed by atoms with Crippen molar-refractivity contribution in [2.45, 2.75) is 0 Å². The Bertz CT molecular complexity index is 441. The molecule has 0 aliphatic heterocycles. The molecule has 0 aliphatic carbocycles. The van der Waals surface area contributed by atoms with Gasteiger partial charge in [-0.15, -0.1) is 21.5 Å². The summed E-state index contributed by atoms with van der Waals surface area (Å²) in [5, 5.41) is 8.94. The number of nitrogens with two attached hydrogens (primary N) is 1. The van der Waals surface area contributed by atoms with E-state index in [0.29, 0.717) is 5.56 Å². The van der Waals surface area contributed by atoms with Crippen molar-refractivity contribution < 1.29 is 9.59 Å². The zero-order valence-corrected chi connectivity index (χ0v) is 9.55. The lowest BCUT2D eigenvalue weighted by Gasteiger charge is -1.98. The Hall–Kier alpha value is -2.28. The summed E-state index contributed by atoms with van der Waals surface area (Å²) in [6.07, 6.45) is 0. The molecule has 0 spiro atoms. The minimum absolute atomic E-state index is 0.413. The third kappa shape index (κ3) is 5.38. The Kier molecular flexibility index (Phi) is 5.32. The second-order valence-electron chi connectivity index (χ2n) is 2.76. The number of carbonyl (C=O) groups is 2. The van der Waals surface area contributed by atoms with Gasteiger partial charge in [-0.1, -0.05) is 18.2 Å². The van der Waals surface area contributed by atoms with E-state index in [1.54, 1.807) is 41.4 Å². The number of primary amides is 1. The van der Waals surface area contributed by atoms with Crippen molar-refractivity contribution in [3.8, 4) is 0 Å². The lowest BCUT2D eigenvalue weighted by atomic mass is 10.2. The number of imide groups is 1. The minimum Gasteiger partial charge on any atom is -0.351 e. The van der Waals surface area contributed by atoms with Gasteiger partial charge in [0.05, 0.1) is 0 Å². The molecule has 0 aliphatic rings. The maximum Gasteiger partial charge on any atom is 0.319 e. The highest BCUT2D eigenvalue weighted by molar-refractivity contribution is 7.07. The molecule has 1 aromatic carbocycles. The molecule has 0 saturated heterocycles. The summed E-state index contributed by atoms with van der Waals surface area (Å²) in [6, 6.07) is 7.53. The Morgan fingerprint density at radius 1 is 1.12 bits per heavy atom. The molecule has 0 saturated carbocycles. The van der Waals surface area contributed by atoms with Crippen molar-refractivity contribution >= 4 is 23.3 Å². The van der Waals surface area contributed by atoms with E-state index in [1.807, 2.05) is 5.32 Å². The zero-order valence-electron chi connectivity index (χ0n) is 8.74. The van der Waals surface area contributed by atoms with Crippen LogP contribution in [-0.4, -0.2) is 22.1 Å². The molecule has 7 heteroatoms. The highest BCUT2D eigenvalue weighted by Gasteiger charge is 2.05. The van der Waals surface area contributed by atoms with Gasteiger partial charge in [-0.2, -0.15) is 0 Å². The molecule has 6 nitrogen and oxygen atoms in total. The van der Waals surface area contributed by atoms with Crippen LogP contribution in [0.25, 0.3) is 0 Å². The van der Waals surface area contributed by atoms with Crippen LogP contribution < -0.4 is 11.1 Å². The number of hydrogen-bond acceptors (Lipinski definition) is 5. The normalized spacial score (nSPS) is 8.71. The van der Waals surface area contributed by atoms with Gasteiger partial charge in [0.25, 0.3) is 5.91 Å². The number of rotatable bonds is 1. The Balaban J connectivity index is 0.000000239. The van der Waals surface area contributed by atoms with Gasteiger partial charge in [0.15, 0.2) is 0 Å². The monoisotopic (exact) mass is 250 g/mol. The molecule has 1 heterocycles. The molecule has 0 atom stereocenters. The van der Waals surface area contributed by atoms with E-state index in [1.165, 1.54) is 11.3 Å². The lowest BCUT2D eigenvalue weighted by Crippen LogP contribution is -2.34. The molecule has 3 amide bonds. The highest BCUT2D eigenvalue weighted by atomic mass is 32.1. The molecular formula is C10H10N4O2S. The van der Waals surface area contributed by atoms with Gasteiger partial charge in [0, 0.05) is 5.56 Å². The quantitative estimate of drug-likeness (QED) is 0.789. The summed E-state index contributed by atoms with van der Waals surface area (Å²) in [4.78, 5) is 21.3. The number of amides is 3. The molecule has 3 N–H and O–H groups in total. The van der Waals surface area contributed by atoms with Gasteiger partial charge < -0.3 is 5.73 Å². The molecule has 2 rings (SSSR count).